The lowest BCUT2D eigenvalue weighted by Gasteiger charge is -2.09. The number of furan rings is 1. The SMILES string of the molecule is Cc1cc(-c2ccc(C=C3C=NC(=S)NC3)o2)c(C)c([N+](=O)[O-])c1. The predicted molar refractivity (Wildman–Crippen MR) is 97.3 cm³/mol. The zero-order valence-electron chi connectivity index (χ0n) is 13.2. The molecule has 1 aliphatic heterocycles. The second kappa shape index (κ2) is 6.37. The van der Waals surface area contributed by atoms with E-state index < -0.39 is 0 Å². The standard InChI is InChI=1S/C17H15N3O3S/c1-10-5-14(11(2)15(6-10)20(21)22)16-4-3-13(23-16)7-12-8-18-17(24)19-9-12/h3-8H,9H2,1-2H3,(H,19,24). The molecule has 1 aromatic carbocycles. The molecule has 122 valence electrons. The number of rotatable bonds is 3. The molecule has 3 rings (SSSR count). The van der Waals surface area contributed by atoms with Gasteiger partial charge in [-0.25, -0.2) is 4.99 Å². The summed E-state index contributed by atoms with van der Waals surface area (Å²) in [7, 11) is 0. The first kappa shape index (κ1) is 16.1. The number of aliphatic imine (C=N–C) groups is 1. The van der Waals surface area contributed by atoms with Gasteiger partial charge in [-0.15, -0.1) is 0 Å². The number of nitro groups is 1. The summed E-state index contributed by atoms with van der Waals surface area (Å²) in [6, 6.07) is 7.10. The Bertz CT molecular complexity index is 896. The highest BCUT2D eigenvalue weighted by Crippen LogP contribution is 2.33. The number of hydrogen-bond acceptors (Lipinski definition) is 4. The van der Waals surface area contributed by atoms with Crippen molar-refractivity contribution in [3.63, 3.8) is 0 Å². The summed E-state index contributed by atoms with van der Waals surface area (Å²) in [6.07, 6.45) is 3.56. The Morgan fingerprint density at radius 3 is 2.83 bits per heavy atom. The van der Waals surface area contributed by atoms with Crippen LogP contribution in [0.25, 0.3) is 17.4 Å². The highest BCUT2D eigenvalue weighted by atomic mass is 32.1. The van der Waals surface area contributed by atoms with Crippen LogP contribution in [-0.2, 0) is 0 Å². The van der Waals surface area contributed by atoms with Crippen LogP contribution in [0.4, 0.5) is 5.69 Å². The Labute approximate surface area is 144 Å². The minimum Gasteiger partial charge on any atom is -0.457 e. The number of nitrogens with zero attached hydrogens (tertiary/aromatic N) is 2. The summed E-state index contributed by atoms with van der Waals surface area (Å²) in [5, 5.41) is 14.6. The maximum absolute atomic E-state index is 11.2. The number of thiocarbonyl (C=S) groups is 1. The molecule has 0 radical (unpaired) electrons. The van der Waals surface area contributed by atoms with Crippen molar-refractivity contribution in [3.05, 3.63) is 56.8 Å². The molecule has 0 saturated carbocycles. The van der Waals surface area contributed by atoms with Crippen molar-refractivity contribution < 1.29 is 9.34 Å². The fourth-order valence-corrected chi connectivity index (χ4v) is 2.67. The first-order valence-electron chi connectivity index (χ1n) is 7.32. The Balaban J connectivity index is 1.97. The topological polar surface area (TPSA) is 80.7 Å². The lowest BCUT2D eigenvalue weighted by molar-refractivity contribution is -0.385. The molecule has 0 unspecified atom stereocenters. The average molecular weight is 341 g/mol. The normalized spacial score (nSPS) is 15.6. The van der Waals surface area contributed by atoms with Gasteiger partial charge in [-0.3, -0.25) is 10.1 Å². The first-order valence-corrected chi connectivity index (χ1v) is 7.73. The quantitative estimate of drug-likeness (QED) is 0.521. The monoisotopic (exact) mass is 341 g/mol. The minimum atomic E-state index is -0.370. The van der Waals surface area contributed by atoms with Crippen molar-refractivity contribution in [3.8, 4) is 11.3 Å². The molecule has 0 amide bonds. The van der Waals surface area contributed by atoms with Crippen molar-refractivity contribution in [2.75, 3.05) is 6.54 Å². The van der Waals surface area contributed by atoms with E-state index in [0.717, 1.165) is 16.7 Å². The van der Waals surface area contributed by atoms with E-state index in [4.69, 9.17) is 16.6 Å². The highest BCUT2D eigenvalue weighted by Gasteiger charge is 2.18. The van der Waals surface area contributed by atoms with Gasteiger partial charge in [-0.2, -0.15) is 0 Å². The largest absolute Gasteiger partial charge is 0.457 e. The number of aryl methyl sites for hydroxylation is 1. The van der Waals surface area contributed by atoms with Crippen LogP contribution in [0.1, 0.15) is 16.9 Å². The zero-order chi connectivity index (χ0) is 17.3. The summed E-state index contributed by atoms with van der Waals surface area (Å²) in [5.41, 5.74) is 3.17. The van der Waals surface area contributed by atoms with Crippen LogP contribution in [-0.4, -0.2) is 22.8 Å². The second-order valence-electron chi connectivity index (χ2n) is 5.55. The lowest BCUT2D eigenvalue weighted by atomic mass is 10.0. The molecule has 0 fully saturated rings. The Hall–Kier alpha value is -2.80. The van der Waals surface area contributed by atoms with Gasteiger partial charge < -0.3 is 9.73 Å². The maximum atomic E-state index is 11.2. The average Bonchev–Trinajstić information content (AvgIpc) is 2.99. The molecule has 1 aromatic heterocycles. The van der Waals surface area contributed by atoms with Gasteiger partial charge in [0, 0.05) is 30.0 Å². The van der Waals surface area contributed by atoms with E-state index in [9.17, 15) is 10.1 Å². The van der Waals surface area contributed by atoms with Crippen molar-refractivity contribution in [1.82, 2.24) is 5.32 Å². The third-order valence-corrected chi connectivity index (χ3v) is 3.98. The van der Waals surface area contributed by atoms with Crippen LogP contribution in [0.3, 0.4) is 0 Å². The molecule has 0 bridgehead atoms. The van der Waals surface area contributed by atoms with Crippen molar-refractivity contribution in [1.29, 1.82) is 0 Å². The predicted octanol–water partition coefficient (Wildman–Crippen LogP) is 3.81. The smallest absolute Gasteiger partial charge is 0.273 e. The van der Waals surface area contributed by atoms with Gasteiger partial charge in [0.2, 0.25) is 0 Å². The van der Waals surface area contributed by atoms with Crippen LogP contribution in [0.15, 0.2) is 39.2 Å². The van der Waals surface area contributed by atoms with E-state index in [-0.39, 0.29) is 10.6 Å². The third-order valence-electron chi connectivity index (χ3n) is 3.73. The van der Waals surface area contributed by atoms with E-state index in [2.05, 4.69) is 10.3 Å². The van der Waals surface area contributed by atoms with Crippen molar-refractivity contribution in [2.24, 2.45) is 4.99 Å². The van der Waals surface area contributed by atoms with Gasteiger partial charge in [0.15, 0.2) is 5.11 Å². The maximum Gasteiger partial charge on any atom is 0.273 e. The Morgan fingerprint density at radius 2 is 2.17 bits per heavy atom. The molecule has 1 N–H and O–H groups in total. The van der Waals surface area contributed by atoms with Crippen LogP contribution >= 0.6 is 12.2 Å². The lowest BCUT2D eigenvalue weighted by Crippen LogP contribution is -2.26. The van der Waals surface area contributed by atoms with Crippen LogP contribution in [0.5, 0.6) is 0 Å². The Kier molecular flexibility index (Phi) is 4.26. The summed E-state index contributed by atoms with van der Waals surface area (Å²) < 4.78 is 5.85. The van der Waals surface area contributed by atoms with Crippen LogP contribution in [0, 0.1) is 24.0 Å². The van der Waals surface area contributed by atoms with Gasteiger partial charge in [-0.1, -0.05) is 0 Å². The van der Waals surface area contributed by atoms with Crippen LogP contribution < -0.4 is 5.32 Å². The van der Waals surface area contributed by atoms with Crippen LogP contribution in [0.2, 0.25) is 0 Å². The fourth-order valence-electron chi connectivity index (χ4n) is 2.54. The fraction of sp³-hybridized carbons (Fsp3) is 0.176. The molecule has 7 heteroatoms. The molecule has 0 aliphatic carbocycles. The van der Waals surface area contributed by atoms with E-state index in [1.54, 1.807) is 19.2 Å². The summed E-state index contributed by atoms with van der Waals surface area (Å²) in [5.74, 6) is 1.26. The second-order valence-corrected chi connectivity index (χ2v) is 5.94. The van der Waals surface area contributed by atoms with Gasteiger partial charge in [-0.05, 0) is 61.5 Å². The van der Waals surface area contributed by atoms with Gasteiger partial charge in [0.25, 0.3) is 5.69 Å². The third kappa shape index (κ3) is 3.26. The molecular formula is C17H15N3O3S. The van der Waals surface area contributed by atoms with Gasteiger partial charge in [0.1, 0.15) is 11.5 Å². The number of hydrogen-bond donors (Lipinski definition) is 1. The number of nitrogens with one attached hydrogen (secondary N) is 1. The summed E-state index contributed by atoms with van der Waals surface area (Å²) in [6.45, 7) is 4.15. The molecule has 24 heavy (non-hydrogen) atoms. The summed E-state index contributed by atoms with van der Waals surface area (Å²) >= 11 is 4.94. The molecule has 2 aromatic rings. The molecule has 0 saturated heterocycles. The molecule has 0 spiro atoms. The highest BCUT2D eigenvalue weighted by molar-refractivity contribution is 7.80. The van der Waals surface area contributed by atoms with Gasteiger partial charge in [0.05, 0.1) is 4.92 Å². The van der Waals surface area contributed by atoms with Gasteiger partial charge >= 0.3 is 0 Å². The van der Waals surface area contributed by atoms with E-state index >= 15 is 0 Å². The van der Waals surface area contributed by atoms with E-state index in [1.807, 2.05) is 31.2 Å². The number of benzene rings is 1. The van der Waals surface area contributed by atoms with Crippen molar-refractivity contribution in [2.45, 2.75) is 13.8 Å². The Morgan fingerprint density at radius 1 is 1.38 bits per heavy atom. The molecular weight excluding hydrogens is 326 g/mol. The zero-order valence-corrected chi connectivity index (χ0v) is 14.0. The van der Waals surface area contributed by atoms with Crippen molar-refractivity contribution >= 4 is 35.3 Å². The molecule has 6 nitrogen and oxygen atoms in total. The first-order chi connectivity index (χ1) is 11.4. The molecule has 1 aliphatic rings. The minimum absolute atomic E-state index is 0.0958. The summed E-state index contributed by atoms with van der Waals surface area (Å²) in [4.78, 5) is 14.9. The number of nitro benzene ring substituents is 1. The van der Waals surface area contributed by atoms with E-state index in [1.165, 1.54) is 0 Å². The molecule has 0 atom stereocenters. The molecule has 2 heterocycles. The van der Waals surface area contributed by atoms with E-state index in [0.29, 0.717) is 28.7 Å².